The van der Waals surface area contributed by atoms with Crippen molar-refractivity contribution in [3.05, 3.63) is 53.6 Å². The van der Waals surface area contributed by atoms with E-state index in [1.807, 2.05) is 0 Å². The Morgan fingerprint density at radius 2 is 1.90 bits per heavy atom. The van der Waals surface area contributed by atoms with E-state index in [9.17, 15) is 13.2 Å². The summed E-state index contributed by atoms with van der Waals surface area (Å²) in [4.78, 5) is 9.65. The van der Waals surface area contributed by atoms with Gasteiger partial charge in [0.1, 0.15) is 18.8 Å². The van der Waals surface area contributed by atoms with Gasteiger partial charge in [0.2, 0.25) is 5.96 Å². The molecule has 1 aliphatic heterocycles. The van der Waals surface area contributed by atoms with Crippen LogP contribution in [-0.4, -0.2) is 33.6 Å². The van der Waals surface area contributed by atoms with Crippen molar-refractivity contribution >= 4 is 12.3 Å². The maximum atomic E-state index is 13.7. The molecule has 108 valence electrons. The molecule has 0 radical (unpaired) electrons. The lowest BCUT2D eigenvalue weighted by Gasteiger charge is -2.25. The highest BCUT2D eigenvalue weighted by molar-refractivity contribution is 5.89. The van der Waals surface area contributed by atoms with Gasteiger partial charge in [-0.25, -0.2) is 22.8 Å². The molecule has 1 aromatic carbocycles. The van der Waals surface area contributed by atoms with Crippen LogP contribution in [0.3, 0.4) is 0 Å². The summed E-state index contributed by atoms with van der Waals surface area (Å²) in [6.45, 7) is 0.218. The summed E-state index contributed by atoms with van der Waals surface area (Å²) < 4.78 is 41.4. The Morgan fingerprint density at radius 3 is 2.67 bits per heavy atom. The Kier molecular flexibility index (Phi) is 3.43. The number of hydrogen-bond donors (Lipinski definition) is 0. The minimum Gasteiger partial charge on any atom is -0.317 e. The fourth-order valence-electron chi connectivity index (χ4n) is 1.97. The van der Waals surface area contributed by atoms with E-state index in [1.165, 1.54) is 11.0 Å². The lowest BCUT2D eigenvalue weighted by atomic mass is 10.2. The highest BCUT2D eigenvalue weighted by Crippen LogP contribution is 2.16. The summed E-state index contributed by atoms with van der Waals surface area (Å²) in [5, 5.41) is 4.04. The molecule has 21 heavy (non-hydrogen) atoms. The smallest absolute Gasteiger partial charge is 0.229 e. The van der Waals surface area contributed by atoms with Gasteiger partial charge in [-0.2, -0.15) is 5.10 Å². The van der Waals surface area contributed by atoms with Gasteiger partial charge in [-0.15, -0.1) is 0 Å². The van der Waals surface area contributed by atoms with Crippen molar-refractivity contribution in [1.82, 2.24) is 14.7 Å². The van der Waals surface area contributed by atoms with Crippen molar-refractivity contribution in [2.45, 2.75) is 6.54 Å². The quantitative estimate of drug-likeness (QED) is 0.795. The average Bonchev–Trinajstić information content (AvgIpc) is 2.99. The van der Waals surface area contributed by atoms with E-state index in [1.54, 1.807) is 23.4 Å². The molecule has 0 spiro atoms. The van der Waals surface area contributed by atoms with Gasteiger partial charge in [0, 0.05) is 24.0 Å². The number of nitrogens with zero attached hydrogens (tertiary/aromatic N) is 5. The van der Waals surface area contributed by atoms with E-state index in [2.05, 4.69) is 15.1 Å². The highest BCUT2D eigenvalue weighted by Gasteiger charge is 2.19. The molecular weight excluding hydrogens is 283 g/mol. The Labute approximate surface area is 118 Å². The Morgan fingerprint density at radius 1 is 1.10 bits per heavy atom. The van der Waals surface area contributed by atoms with Gasteiger partial charge in [-0.3, -0.25) is 4.99 Å². The first-order valence-electron chi connectivity index (χ1n) is 6.09. The first kappa shape index (κ1) is 13.3. The number of hydrogen-bond acceptors (Lipinski definition) is 4. The molecule has 0 saturated carbocycles. The molecule has 0 fully saturated rings. The molecule has 0 amide bonds. The number of rotatable bonds is 2. The largest absolute Gasteiger partial charge is 0.317 e. The van der Waals surface area contributed by atoms with E-state index >= 15 is 0 Å². The first-order valence-corrected chi connectivity index (χ1v) is 6.09. The lowest BCUT2D eigenvalue weighted by Crippen LogP contribution is -2.38. The van der Waals surface area contributed by atoms with Gasteiger partial charge in [0.15, 0.2) is 11.6 Å². The zero-order valence-corrected chi connectivity index (χ0v) is 10.7. The Hall–Kier alpha value is -2.64. The summed E-state index contributed by atoms with van der Waals surface area (Å²) in [6, 6.07) is 3.08. The summed E-state index contributed by atoms with van der Waals surface area (Å²) in [6.07, 6.45) is 4.62. The van der Waals surface area contributed by atoms with E-state index in [0.717, 1.165) is 6.07 Å². The third-order valence-electron chi connectivity index (χ3n) is 2.95. The van der Waals surface area contributed by atoms with E-state index < -0.39 is 17.5 Å². The number of benzene rings is 1. The van der Waals surface area contributed by atoms with Crippen molar-refractivity contribution in [1.29, 1.82) is 0 Å². The van der Waals surface area contributed by atoms with E-state index in [4.69, 9.17) is 0 Å². The van der Waals surface area contributed by atoms with Crippen LogP contribution in [0.1, 0.15) is 5.56 Å². The van der Waals surface area contributed by atoms with Crippen molar-refractivity contribution in [2.75, 3.05) is 6.67 Å². The molecule has 5 nitrogen and oxygen atoms in total. The SMILES string of the molecule is Fc1cc(F)c(CN2CN=CN=C2n2cccn2)cc1F. The topological polar surface area (TPSA) is 45.8 Å². The van der Waals surface area contributed by atoms with Gasteiger partial charge in [0.05, 0.1) is 6.54 Å². The second-order valence-corrected chi connectivity index (χ2v) is 4.37. The molecule has 0 aliphatic carbocycles. The number of aromatic nitrogens is 2. The van der Waals surface area contributed by atoms with Gasteiger partial charge in [-0.05, 0) is 12.1 Å². The second-order valence-electron chi connectivity index (χ2n) is 4.37. The normalized spacial score (nSPS) is 14.4. The maximum Gasteiger partial charge on any atom is 0.229 e. The fourth-order valence-corrected chi connectivity index (χ4v) is 1.97. The van der Waals surface area contributed by atoms with Crippen LogP contribution in [0.2, 0.25) is 0 Å². The maximum absolute atomic E-state index is 13.7. The molecule has 0 unspecified atom stereocenters. The third-order valence-corrected chi connectivity index (χ3v) is 2.95. The van der Waals surface area contributed by atoms with E-state index in [0.29, 0.717) is 12.0 Å². The van der Waals surface area contributed by atoms with Crippen LogP contribution in [0.15, 0.2) is 40.6 Å². The van der Waals surface area contributed by atoms with Gasteiger partial charge in [0.25, 0.3) is 0 Å². The first-order chi connectivity index (χ1) is 10.1. The van der Waals surface area contributed by atoms with Gasteiger partial charge in [-0.1, -0.05) is 0 Å². The minimum absolute atomic E-state index is 0.000926. The van der Waals surface area contributed by atoms with Gasteiger partial charge < -0.3 is 4.90 Å². The molecule has 1 aromatic heterocycles. The van der Waals surface area contributed by atoms with Crippen LogP contribution in [0.25, 0.3) is 0 Å². The third kappa shape index (κ3) is 2.64. The summed E-state index contributed by atoms with van der Waals surface area (Å²) in [5.74, 6) is -2.69. The van der Waals surface area contributed by atoms with Crippen molar-refractivity contribution in [2.24, 2.45) is 9.98 Å². The van der Waals surface area contributed by atoms with Crippen LogP contribution < -0.4 is 0 Å². The summed E-state index contributed by atoms with van der Waals surface area (Å²) in [5.41, 5.74) is 0.0193. The molecule has 0 bridgehead atoms. The molecule has 0 saturated heterocycles. The number of halogens is 3. The van der Waals surface area contributed by atoms with Gasteiger partial charge >= 0.3 is 0 Å². The minimum atomic E-state index is -1.21. The van der Waals surface area contributed by atoms with Crippen LogP contribution in [0.4, 0.5) is 13.2 Å². The van der Waals surface area contributed by atoms with Crippen LogP contribution in [0, 0.1) is 17.5 Å². The van der Waals surface area contributed by atoms with Crippen molar-refractivity contribution in [3.8, 4) is 0 Å². The summed E-state index contributed by atoms with van der Waals surface area (Å²) >= 11 is 0. The average molecular weight is 293 g/mol. The van der Waals surface area contributed by atoms with Crippen LogP contribution in [0.5, 0.6) is 0 Å². The molecule has 3 rings (SSSR count). The summed E-state index contributed by atoms with van der Waals surface area (Å²) in [7, 11) is 0. The highest BCUT2D eigenvalue weighted by atomic mass is 19.2. The van der Waals surface area contributed by atoms with Crippen molar-refractivity contribution in [3.63, 3.8) is 0 Å². The number of aliphatic imine (C=N–C) groups is 2. The predicted molar refractivity (Wildman–Crippen MR) is 70.3 cm³/mol. The van der Waals surface area contributed by atoms with Crippen molar-refractivity contribution < 1.29 is 13.2 Å². The molecule has 1 aliphatic rings. The molecule has 2 aromatic rings. The van der Waals surface area contributed by atoms with Crippen LogP contribution >= 0.6 is 0 Å². The fraction of sp³-hybridized carbons (Fsp3) is 0.154. The standard InChI is InChI=1S/C13H10F3N5/c14-10-5-12(16)11(15)4-9(10)6-20-8-17-7-18-13(20)21-3-1-2-19-21/h1-5,7H,6,8H2. The Balaban J connectivity index is 1.89. The van der Waals surface area contributed by atoms with Crippen LogP contribution in [-0.2, 0) is 6.54 Å². The monoisotopic (exact) mass is 293 g/mol. The molecular formula is C13H10F3N5. The molecule has 2 heterocycles. The predicted octanol–water partition coefficient (Wildman–Crippen LogP) is 2.01. The zero-order valence-electron chi connectivity index (χ0n) is 10.7. The zero-order chi connectivity index (χ0) is 14.8. The Bertz CT molecular complexity index is 709. The van der Waals surface area contributed by atoms with E-state index in [-0.39, 0.29) is 18.8 Å². The second kappa shape index (κ2) is 5.39. The lowest BCUT2D eigenvalue weighted by molar-refractivity contribution is 0.391. The molecule has 0 N–H and O–H groups in total. The molecule has 8 heteroatoms. The molecule has 0 atom stereocenters.